The van der Waals surface area contributed by atoms with Gasteiger partial charge in [-0.1, -0.05) is 31.9 Å². The van der Waals surface area contributed by atoms with Crippen molar-refractivity contribution in [2.45, 2.75) is 65.1 Å². The van der Waals surface area contributed by atoms with Gasteiger partial charge in [0.2, 0.25) is 0 Å². The number of nitrogens with zero attached hydrogens (tertiary/aromatic N) is 2. The Morgan fingerprint density at radius 1 is 1.07 bits per heavy atom. The molecule has 1 fully saturated rings. The van der Waals surface area contributed by atoms with Crippen molar-refractivity contribution in [1.29, 1.82) is 0 Å². The van der Waals surface area contributed by atoms with Gasteiger partial charge in [0, 0.05) is 30.9 Å². The average molecular weight is 557 g/mol. The fourth-order valence-corrected chi connectivity index (χ4v) is 5.42. The van der Waals surface area contributed by atoms with Crippen LogP contribution in [0.25, 0.3) is 5.76 Å². The van der Waals surface area contributed by atoms with Crippen LogP contribution < -0.4 is 14.2 Å². The third-order valence-corrected chi connectivity index (χ3v) is 7.37. The predicted molar refractivity (Wildman–Crippen MR) is 155 cm³/mol. The van der Waals surface area contributed by atoms with E-state index in [9.17, 15) is 14.7 Å². The number of aliphatic hydroxyl groups excluding tert-OH is 1. The van der Waals surface area contributed by atoms with Gasteiger partial charge < -0.3 is 24.2 Å². The molecule has 2 aliphatic heterocycles. The van der Waals surface area contributed by atoms with Crippen molar-refractivity contribution in [3.8, 4) is 17.2 Å². The number of amides is 1. The zero-order chi connectivity index (χ0) is 28.9. The highest BCUT2D eigenvalue weighted by Crippen LogP contribution is 2.43. The molecule has 8 heteroatoms. The number of fused-ring (bicyclic) bond motifs is 1. The molecular weight excluding hydrogens is 520 g/mol. The van der Waals surface area contributed by atoms with Gasteiger partial charge in [-0.2, -0.15) is 0 Å². The van der Waals surface area contributed by atoms with Gasteiger partial charge in [0.05, 0.1) is 24.8 Å². The van der Waals surface area contributed by atoms with E-state index < -0.39 is 17.7 Å². The maximum absolute atomic E-state index is 13.6. The number of pyridine rings is 1. The number of benzene rings is 2. The third kappa shape index (κ3) is 5.92. The SMILES string of the molecule is CCCCCOc1ccc([C@@H]2C(=C(O)c3ccc4c(c3)C[C@H](C)O4)C(=O)C(=O)N2Cc2cccnc2)cc1OCC. The minimum atomic E-state index is -0.841. The van der Waals surface area contributed by atoms with Crippen LogP contribution >= 0.6 is 0 Å². The molecule has 2 atom stereocenters. The second-order valence-corrected chi connectivity index (χ2v) is 10.4. The van der Waals surface area contributed by atoms with Crippen LogP contribution in [0.3, 0.4) is 0 Å². The molecule has 1 aromatic heterocycles. The van der Waals surface area contributed by atoms with Crippen molar-refractivity contribution >= 4 is 17.4 Å². The molecule has 1 amide bonds. The largest absolute Gasteiger partial charge is 0.507 e. The van der Waals surface area contributed by atoms with E-state index in [1.165, 1.54) is 4.90 Å². The second kappa shape index (κ2) is 12.5. The summed E-state index contributed by atoms with van der Waals surface area (Å²) < 4.78 is 17.8. The van der Waals surface area contributed by atoms with Crippen LogP contribution in [0.15, 0.2) is 66.5 Å². The van der Waals surface area contributed by atoms with E-state index in [0.717, 1.165) is 36.1 Å². The lowest BCUT2D eigenvalue weighted by molar-refractivity contribution is -0.140. The van der Waals surface area contributed by atoms with Crippen LogP contribution in [0.5, 0.6) is 17.2 Å². The second-order valence-electron chi connectivity index (χ2n) is 10.4. The first-order valence-corrected chi connectivity index (χ1v) is 14.3. The molecule has 2 aliphatic rings. The number of hydrogen-bond donors (Lipinski definition) is 1. The van der Waals surface area contributed by atoms with Crippen LogP contribution in [0.4, 0.5) is 0 Å². The molecule has 8 nitrogen and oxygen atoms in total. The fourth-order valence-electron chi connectivity index (χ4n) is 5.42. The summed E-state index contributed by atoms with van der Waals surface area (Å²) in [5, 5.41) is 11.6. The molecule has 1 saturated heterocycles. The summed E-state index contributed by atoms with van der Waals surface area (Å²) in [7, 11) is 0. The number of hydrogen-bond acceptors (Lipinski definition) is 7. The van der Waals surface area contributed by atoms with Crippen molar-refractivity contribution in [3.05, 3.63) is 88.8 Å². The molecule has 1 N–H and O–H groups in total. The molecule has 41 heavy (non-hydrogen) atoms. The van der Waals surface area contributed by atoms with Crippen molar-refractivity contribution in [1.82, 2.24) is 9.88 Å². The van der Waals surface area contributed by atoms with Crippen LogP contribution in [0, 0.1) is 0 Å². The van der Waals surface area contributed by atoms with Crippen molar-refractivity contribution in [2.75, 3.05) is 13.2 Å². The zero-order valence-corrected chi connectivity index (χ0v) is 23.8. The van der Waals surface area contributed by atoms with Crippen LogP contribution in [0.1, 0.15) is 68.3 Å². The maximum atomic E-state index is 13.6. The van der Waals surface area contributed by atoms with Gasteiger partial charge in [-0.15, -0.1) is 0 Å². The monoisotopic (exact) mass is 556 g/mol. The fraction of sp³-hybridized carbons (Fsp3) is 0.364. The Hall–Kier alpha value is -4.33. The molecule has 2 aromatic carbocycles. The summed E-state index contributed by atoms with van der Waals surface area (Å²) in [6.07, 6.45) is 7.14. The van der Waals surface area contributed by atoms with Gasteiger partial charge in [0.1, 0.15) is 17.6 Å². The number of likely N-dealkylation sites (tertiary alicyclic amines) is 1. The van der Waals surface area contributed by atoms with Gasteiger partial charge in [0.15, 0.2) is 11.5 Å². The summed E-state index contributed by atoms with van der Waals surface area (Å²) in [5.41, 5.74) is 2.85. The number of Topliss-reactive ketones (excluding diaryl/α,β-unsaturated/α-hetero) is 1. The van der Waals surface area contributed by atoms with Gasteiger partial charge in [-0.05, 0) is 73.4 Å². The Morgan fingerprint density at radius 3 is 2.68 bits per heavy atom. The summed E-state index contributed by atoms with van der Waals surface area (Å²) in [6.45, 7) is 7.14. The highest BCUT2D eigenvalue weighted by Gasteiger charge is 2.46. The number of carbonyl (C=O) groups is 2. The van der Waals surface area contributed by atoms with Crippen molar-refractivity contribution < 1.29 is 28.9 Å². The number of ketones is 1. The summed E-state index contributed by atoms with van der Waals surface area (Å²) >= 11 is 0. The van der Waals surface area contributed by atoms with E-state index in [-0.39, 0.29) is 24.0 Å². The Bertz CT molecular complexity index is 1450. The van der Waals surface area contributed by atoms with Crippen LogP contribution in [0.2, 0.25) is 0 Å². The minimum absolute atomic E-state index is 0.0323. The number of aromatic nitrogens is 1. The Balaban J connectivity index is 1.59. The Labute approximate surface area is 240 Å². The first-order chi connectivity index (χ1) is 19.9. The number of unbranched alkanes of at least 4 members (excludes halogenated alkanes) is 2. The molecule has 0 radical (unpaired) electrons. The van der Waals surface area contributed by atoms with E-state index in [0.29, 0.717) is 42.3 Å². The maximum Gasteiger partial charge on any atom is 0.295 e. The molecule has 3 aromatic rings. The average Bonchev–Trinajstić information content (AvgIpc) is 3.47. The molecule has 0 saturated carbocycles. The van der Waals surface area contributed by atoms with E-state index >= 15 is 0 Å². The van der Waals surface area contributed by atoms with Gasteiger partial charge in [-0.3, -0.25) is 14.6 Å². The molecule has 0 bridgehead atoms. The Morgan fingerprint density at radius 2 is 1.93 bits per heavy atom. The first-order valence-electron chi connectivity index (χ1n) is 14.3. The van der Waals surface area contributed by atoms with Gasteiger partial charge in [-0.25, -0.2) is 0 Å². The summed E-state index contributed by atoms with van der Waals surface area (Å²) in [6, 6.07) is 13.6. The molecule has 3 heterocycles. The minimum Gasteiger partial charge on any atom is -0.507 e. The summed E-state index contributed by atoms with van der Waals surface area (Å²) in [4.78, 5) is 32.7. The lowest BCUT2D eigenvalue weighted by atomic mass is 9.94. The number of aliphatic hydroxyl groups is 1. The number of carbonyl (C=O) groups excluding carboxylic acids is 2. The van der Waals surface area contributed by atoms with E-state index in [1.54, 1.807) is 36.7 Å². The summed E-state index contributed by atoms with van der Waals surface area (Å²) in [5.74, 6) is 0.247. The molecule has 5 rings (SSSR count). The topological polar surface area (TPSA) is 98.2 Å². The van der Waals surface area contributed by atoms with Crippen molar-refractivity contribution in [3.63, 3.8) is 0 Å². The van der Waals surface area contributed by atoms with Gasteiger partial charge in [0.25, 0.3) is 11.7 Å². The number of rotatable bonds is 11. The molecule has 0 spiro atoms. The van der Waals surface area contributed by atoms with Crippen molar-refractivity contribution in [2.24, 2.45) is 0 Å². The highest BCUT2D eigenvalue weighted by atomic mass is 16.5. The zero-order valence-electron chi connectivity index (χ0n) is 23.8. The van der Waals surface area contributed by atoms with E-state index in [2.05, 4.69) is 11.9 Å². The smallest absolute Gasteiger partial charge is 0.295 e. The lowest BCUT2D eigenvalue weighted by Crippen LogP contribution is -2.29. The molecule has 214 valence electrons. The lowest BCUT2D eigenvalue weighted by Gasteiger charge is -2.26. The predicted octanol–water partition coefficient (Wildman–Crippen LogP) is 5.99. The van der Waals surface area contributed by atoms with Gasteiger partial charge >= 0.3 is 0 Å². The molecule has 0 aliphatic carbocycles. The van der Waals surface area contributed by atoms with Crippen LogP contribution in [-0.4, -0.2) is 46.0 Å². The van der Waals surface area contributed by atoms with E-state index in [1.807, 2.05) is 38.1 Å². The Kier molecular flexibility index (Phi) is 8.57. The number of ether oxygens (including phenoxy) is 3. The highest BCUT2D eigenvalue weighted by molar-refractivity contribution is 6.46. The molecular formula is C33H36N2O6. The van der Waals surface area contributed by atoms with Crippen LogP contribution in [-0.2, 0) is 22.6 Å². The normalized spacial score (nSPS) is 19.2. The first kappa shape index (κ1) is 28.2. The third-order valence-electron chi connectivity index (χ3n) is 7.37. The van der Waals surface area contributed by atoms with E-state index in [4.69, 9.17) is 14.2 Å². The quantitative estimate of drug-likeness (QED) is 0.134. The standard InChI is InChI=1S/C33H36N2O6/c1-4-6-7-15-40-27-13-10-23(18-28(27)39-5-2)30-29(31(36)24-11-12-26-25(17-24)16-21(3)41-26)32(37)33(38)35(30)20-22-9-8-14-34-19-22/h8-14,17-19,21,30,36H,4-7,15-16,20H2,1-3H3/t21-,30+/m0/s1. The molecule has 0 unspecified atom stereocenters.